The Morgan fingerprint density at radius 3 is 2.42 bits per heavy atom. The average Bonchev–Trinajstić information content (AvgIpc) is 2.31. The first-order chi connectivity index (χ1) is 8.99. The number of rotatable bonds is 3. The van der Waals surface area contributed by atoms with Crippen molar-refractivity contribution in [3.05, 3.63) is 51.9 Å². The third-order valence-electron chi connectivity index (χ3n) is 2.49. The van der Waals surface area contributed by atoms with Crippen LogP contribution in [-0.4, -0.2) is 16.1 Å². The van der Waals surface area contributed by atoms with Crippen LogP contribution in [0, 0.1) is 5.95 Å². The lowest BCUT2D eigenvalue weighted by Crippen LogP contribution is -2.04. The molecular formula is C13H8Cl2FNO2. The van der Waals surface area contributed by atoms with E-state index in [4.69, 9.17) is 28.3 Å². The van der Waals surface area contributed by atoms with Gasteiger partial charge >= 0.3 is 5.97 Å². The molecule has 1 heterocycles. The number of aromatic nitrogens is 1. The smallest absolute Gasteiger partial charge is 0.307 e. The minimum atomic E-state index is -1.04. The monoisotopic (exact) mass is 299 g/mol. The molecule has 0 aliphatic rings. The van der Waals surface area contributed by atoms with Crippen LogP contribution in [0.25, 0.3) is 11.3 Å². The molecule has 0 aliphatic heterocycles. The van der Waals surface area contributed by atoms with E-state index in [0.29, 0.717) is 11.1 Å². The number of carbonyl (C=O) groups is 1. The normalized spacial score (nSPS) is 10.5. The molecule has 0 radical (unpaired) electrons. The molecule has 0 aliphatic carbocycles. The summed E-state index contributed by atoms with van der Waals surface area (Å²) in [7, 11) is 0. The minimum absolute atomic E-state index is 0.151. The summed E-state index contributed by atoms with van der Waals surface area (Å²) >= 11 is 12.1. The third-order valence-corrected chi connectivity index (χ3v) is 3.12. The van der Waals surface area contributed by atoms with E-state index in [-0.39, 0.29) is 22.2 Å². The fourth-order valence-electron chi connectivity index (χ4n) is 1.71. The van der Waals surface area contributed by atoms with Gasteiger partial charge in [-0.15, -0.1) is 0 Å². The van der Waals surface area contributed by atoms with Crippen molar-refractivity contribution in [2.75, 3.05) is 0 Å². The zero-order valence-electron chi connectivity index (χ0n) is 9.53. The Hall–Kier alpha value is -1.65. The van der Waals surface area contributed by atoms with Crippen LogP contribution in [0.1, 0.15) is 5.56 Å². The fourth-order valence-corrected chi connectivity index (χ4v) is 2.29. The van der Waals surface area contributed by atoms with Crippen LogP contribution in [-0.2, 0) is 11.2 Å². The van der Waals surface area contributed by atoms with Gasteiger partial charge in [-0.05, 0) is 23.8 Å². The van der Waals surface area contributed by atoms with Gasteiger partial charge in [-0.2, -0.15) is 4.39 Å². The van der Waals surface area contributed by atoms with Crippen LogP contribution >= 0.6 is 23.2 Å². The third kappa shape index (κ3) is 3.03. The lowest BCUT2D eigenvalue weighted by molar-refractivity contribution is -0.136. The molecule has 0 unspecified atom stereocenters. The predicted octanol–water partition coefficient (Wildman–Crippen LogP) is 3.82. The first-order valence-electron chi connectivity index (χ1n) is 5.30. The van der Waals surface area contributed by atoms with Crippen molar-refractivity contribution in [3.8, 4) is 11.3 Å². The van der Waals surface area contributed by atoms with E-state index in [1.54, 1.807) is 18.2 Å². The second kappa shape index (κ2) is 5.55. The number of benzene rings is 1. The first-order valence-corrected chi connectivity index (χ1v) is 6.06. The second-order valence-electron chi connectivity index (χ2n) is 3.81. The van der Waals surface area contributed by atoms with Gasteiger partial charge in [0, 0.05) is 5.56 Å². The standard InChI is InChI=1S/C13H8Cl2FNO2/c14-8-2-1-3-9(15)12(8)13-7(6-11(18)19)4-5-10(16)17-13/h1-5H,6H2,(H,18,19). The highest BCUT2D eigenvalue weighted by Crippen LogP contribution is 2.35. The van der Waals surface area contributed by atoms with Gasteiger partial charge in [0.2, 0.25) is 5.95 Å². The molecule has 98 valence electrons. The van der Waals surface area contributed by atoms with Crippen molar-refractivity contribution < 1.29 is 14.3 Å². The zero-order chi connectivity index (χ0) is 14.0. The molecule has 0 atom stereocenters. The van der Waals surface area contributed by atoms with Gasteiger partial charge in [0.1, 0.15) is 0 Å². The summed E-state index contributed by atoms with van der Waals surface area (Å²) in [5, 5.41) is 9.44. The molecule has 1 N–H and O–H groups in total. The van der Waals surface area contributed by atoms with E-state index < -0.39 is 11.9 Å². The highest BCUT2D eigenvalue weighted by atomic mass is 35.5. The highest BCUT2D eigenvalue weighted by molar-refractivity contribution is 6.39. The van der Waals surface area contributed by atoms with E-state index in [9.17, 15) is 9.18 Å². The summed E-state index contributed by atoms with van der Waals surface area (Å²) in [6.07, 6.45) is -0.288. The molecule has 1 aromatic heterocycles. The molecule has 1 aromatic carbocycles. The molecule has 0 bridgehead atoms. The van der Waals surface area contributed by atoms with E-state index in [1.807, 2.05) is 0 Å². The molecule has 0 saturated heterocycles. The molecule has 0 fully saturated rings. The van der Waals surface area contributed by atoms with Crippen molar-refractivity contribution in [1.29, 1.82) is 0 Å². The van der Waals surface area contributed by atoms with Gasteiger partial charge in [0.05, 0.1) is 22.2 Å². The summed E-state index contributed by atoms with van der Waals surface area (Å²) in [6.45, 7) is 0. The number of pyridine rings is 1. The summed E-state index contributed by atoms with van der Waals surface area (Å²) in [5.74, 6) is -1.77. The number of nitrogens with zero attached hydrogens (tertiary/aromatic N) is 1. The van der Waals surface area contributed by atoms with Crippen LogP contribution < -0.4 is 0 Å². The zero-order valence-corrected chi connectivity index (χ0v) is 11.0. The maximum atomic E-state index is 13.3. The molecule has 2 rings (SSSR count). The van der Waals surface area contributed by atoms with Crippen LogP contribution in [0.15, 0.2) is 30.3 Å². The molecule has 0 saturated carbocycles. The Bertz CT molecular complexity index is 626. The SMILES string of the molecule is O=C(O)Cc1ccc(F)nc1-c1c(Cl)cccc1Cl. The van der Waals surface area contributed by atoms with Crippen LogP contribution in [0.2, 0.25) is 10.0 Å². The molecule has 2 aromatic rings. The van der Waals surface area contributed by atoms with Gasteiger partial charge in [-0.25, -0.2) is 4.98 Å². The largest absolute Gasteiger partial charge is 0.481 e. The van der Waals surface area contributed by atoms with Crippen molar-refractivity contribution in [2.45, 2.75) is 6.42 Å². The molecule has 0 spiro atoms. The van der Waals surface area contributed by atoms with E-state index >= 15 is 0 Å². The number of hydrogen-bond acceptors (Lipinski definition) is 2. The van der Waals surface area contributed by atoms with Gasteiger partial charge in [-0.1, -0.05) is 35.3 Å². The molecule has 6 heteroatoms. The lowest BCUT2D eigenvalue weighted by atomic mass is 10.0. The van der Waals surface area contributed by atoms with Gasteiger partial charge in [0.25, 0.3) is 0 Å². The fraction of sp³-hybridized carbons (Fsp3) is 0.0769. The molecular weight excluding hydrogens is 292 g/mol. The predicted molar refractivity (Wildman–Crippen MR) is 71.0 cm³/mol. The quantitative estimate of drug-likeness (QED) is 0.877. The van der Waals surface area contributed by atoms with Gasteiger partial charge < -0.3 is 5.11 Å². The lowest BCUT2D eigenvalue weighted by Gasteiger charge is -2.10. The van der Waals surface area contributed by atoms with E-state index in [0.717, 1.165) is 6.07 Å². The minimum Gasteiger partial charge on any atom is -0.481 e. The summed E-state index contributed by atoms with van der Waals surface area (Å²) in [5.41, 5.74) is 0.837. The number of carboxylic acids is 1. The summed E-state index contributed by atoms with van der Waals surface area (Å²) < 4.78 is 13.3. The highest BCUT2D eigenvalue weighted by Gasteiger charge is 2.16. The molecule has 3 nitrogen and oxygen atoms in total. The Morgan fingerprint density at radius 2 is 1.84 bits per heavy atom. The number of halogens is 3. The van der Waals surface area contributed by atoms with Crippen LogP contribution in [0.5, 0.6) is 0 Å². The second-order valence-corrected chi connectivity index (χ2v) is 4.62. The van der Waals surface area contributed by atoms with Crippen molar-refractivity contribution in [2.24, 2.45) is 0 Å². The summed E-state index contributed by atoms with van der Waals surface area (Å²) in [4.78, 5) is 14.5. The van der Waals surface area contributed by atoms with Gasteiger partial charge in [-0.3, -0.25) is 4.79 Å². The number of hydrogen-bond donors (Lipinski definition) is 1. The van der Waals surface area contributed by atoms with Gasteiger partial charge in [0.15, 0.2) is 0 Å². The molecule has 0 amide bonds. The molecule has 19 heavy (non-hydrogen) atoms. The Balaban J connectivity index is 2.66. The van der Waals surface area contributed by atoms with Crippen molar-refractivity contribution in [3.63, 3.8) is 0 Å². The van der Waals surface area contributed by atoms with Crippen LogP contribution in [0.3, 0.4) is 0 Å². The summed E-state index contributed by atoms with van der Waals surface area (Å²) in [6, 6.07) is 7.28. The van der Waals surface area contributed by atoms with Crippen molar-refractivity contribution >= 4 is 29.2 Å². The van der Waals surface area contributed by atoms with Crippen LogP contribution in [0.4, 0.5) is 4.39 Å². The average molecular weight is 300 g/mol. The van der Waals surface area contributed by atoms with E-state index in [2.05, 4.69) is 4.98 Å². The number of carboxylic acid groups (broad SMARTS) is 1. The maximum absolute atomic E-state index is 13.3. The number of aliphatic carboxylic acids is 1. The maximum Gasteiger partial charge on any atom is 0.307 e. The van der Waals surface area contributed by atoms with Crippen molar-refractivity contribution in [1.82, 2.24) is 4.98 Å². The Kier molecular flexibility index (Phi) is 4.02. The van der Waals surface area contributed by atoms with E-state index in [1.165, 1.54) is 6.07 Å². The Labute approximate surface area is 118 Å². The topological polar surface area (TPSA) is 50.2 Å². The first kappa shape index (κ1) is 13.8. The Morgan fingerprint density at radius 1 is 1.21 bits per heavy atom.